The number of aldehydes is 1. The van der Waals surface area contributed by atoms with Gasteiger partial charge >= 0.3 is 5.97 Å². The van der Waals surface area contributed by atoms with Gasteiger partial charge in [-0.25, -0.2) is 0 Å². The molecule has 0 spiro atoms. The Kier molecular flexibility index (Phi) is 5.83. The Bertz CT molecular complexity index is 806. The largest absolute Gasteiger partial charge is 0.465 e. The number of hydrogen-bond acceptors (Lipinski definition) is 6. The lowest BCUT2D eigenvalue weighted by Gasteiger charge is -2.25. The van der Waals surface area contributed by atoms with Gasteiger partial charge in [-0.15, -0.1) is 0 Å². The van der Waals surface area contributed by atoms with Crippen molar-refractivity contribution in [2.24, 2.45) is 0 Å². The van der Waals surface area contributed by atoms with E-state index in [1.165, 1.54) is 5.56 Å². The maximum Gasteiger partial charge on any atom is 0.322 e. The second-order valence-corrected chi connectivity index (χ2v) is 6.53. The molecule has 0 saturated carbocycles. The molecule has 3 rings (SSSR count). The second-order valence-electron chi connectivity index (χ2n) is 6.53. The molecule has 0 saturated heterocycles. The summed E-state index contributed by atoms with van der Waals surface area (Å²) in [5.41, 5.74) is 4.12. The van der Waals surface area contributed by atoms with Crippen LogP contribution in [0.25, 0.3) is 10.9 Å². The number of hydrogen-bond donors (Lipinski definition) is 2. The quantitative estimate of drug-likeness (QED) is 0.451. The van der Waals surface area contributed by atoms with Crippen LogP contribution < -0.4 is 10.6 Å². The van der Waals surface area contributed by atoms with E-state index in [2.05, 4.69) is 10.6 Å². The van der Waals surface area contributed by atoms with Gasteiger partial charge in [0.15, 0.2) is 6.29 Å². The Morgan fingerprint density at radius 2 is 2.08 bits per heavy atom. The third-order valence-electron chi connectivity index (χ3n) is 4.67. The van der Waals surface area contributed by atoms with Gasteiger partial charge < -0.3 is 10.1 Å². The Morgan fingerprint density at radius 3 is 2.85 bits per heavy atom. The van der Waals surface area contributed by atoms with Crippen molar-refractivity contribution in [3.63, 3.8) is 0 Å². The van der Waals surface area contributed by atoms with Crippen LogP contribution in [0.3, 0.4) is 0 Å². The molecule has 1 heterocycles. The lowest BCUT2D eigenvalue weighted by molar-refractivity contribution is -0.145. The average Bonchev–Trinajstić information content (AvgIpc) is 2.67. The molecule has 1 aliphatic carbocycles. The van der Waals surface area contributed by atoms with E-state index in [-0.39, 0.29) is 5.97 Å². The van der Waals surface area contributed by atoms with E-state index in [1.807, 2.05) is 24.3 Å². The first-order valence-corrected chi connectivity index (χ1v) is 9.19. The molecule has 6 heteroatoms. The predicted octanol–water partition coefficient (Wildman–Crippen LogP) is 2.59. The van der Waals surface area contributed by atoms with Crippen molar-refractivity contribution in [1.82, 2.24) is 10.3 Å². The SMILES string of the molecule is CCOC(=O)[C@H](C)NC(C=O)Nc1c2c(nc3ccccc13)CCCC2. The highest BCUT2D eigenvalue weighted by atomic mass is 16.5. The zero-order valence-corrected chi connectivity index (χ0v) is 15.2. The molecule has 138 valence electrons. The second kappa shape index (κ2) is 8.27. The molecular weight excluding hydrogens is 330 g/mol. The predicted molar refractivity (Wildman–Crippen MR) is 101 cm³/mol. The smallest absolute Gasteiger partial charge is 0.322 e. The highest BCUT2D eigenvalue weighted by molar-refractivity contribution is 5.94. The number of rotatable bonds is 7. The normalized spacial score (nSPS) is 15.8. The molecule has 2 aromatic rings. The van der Waals surface area contributed by atoms with Crippen LogP contribution in [0.2, 0.25) is 0 Å². The van der Waals surface area contributed by atoms with Gasteiger partial charge in [-0.1, -0.05) is 18.2 Å². The van der Waals surface area contributed by atoms with Crippen molar-refractivity contribution in [2.75, 3.05) is 11.9 Å². The molecule has 2 N–H and O–H groups in total. The molecule has 0 aliphatic heterocycles. The fraction of sp³-hybridized carbons (Fsp3) is 0.450. The van der Waals surface area contributed by atoms with Crippen LogP contribution in [-0.2, 0) is 27.2 Å². The van der Waals surface area contributed by atoms with E-state index in [4.69, 9.17) is 9.72 Å². The van der Waals surface area contributed by atoms with Crippen molar-refractivity contribution in [2.45, 2.75) is 51.7 Å². The van der Waals surface area contributed by atoms with Crippen LogP contribution in [0.4, 0.5) is 5.69 Å². The first-order chi connectivity index (χ1) is 12.6. The minimum Gasteiger partial charge on any atom is -0.465 e. The van der Waals surface area contributed by atoms with Crippen molar-refractivity contribution < 1.29 is 14.3 Å². The number of para-hydroxylation sites is 1. The summed E-state index contributed by atoms with van der Waals surface area (Å²) < 4.78 is 5.00. The van der Waals surface area contributed by atoms with Gasteiger partial charge in [0.05, 0.1) is 17.8 Å². The Hall–Kier alpha value is -2.47. The number of carbonyl (C=O) groups excluding carboxylic acids is 2. The van der Waals surface area contributed by atoms with Crippen molar-refractivity contribution in [1.29, 1.82) is 0 Å². The molecule has 26 heavy (non-hydrogen) atoms. The summed E-state index contributed by atoms with van der Waals surface area (Å²) in [6, 6.07) is 7.35. The number of aryl methyl sites for hydroxylation is 1. The molecule has 1 aromatic heterocycles. The van der Waals surface area contributed by atoms with Crippen LogP contribution in [-0.4, -0.2) is 36.1 Å². The van der Waals surface area contributed by atoms with Gasteiger partial charge in [-0.05, 0) is 51.2 Å². The lowest BCUT2D eigenvalue weighted by Crippen LogP contribution is -2.47. The Labute approximate surface area is 153 Å². The van der Waals surface area contributed by atoms with Gasteiger partial charge in [-0.2, -0.15) is 0 Å². The van der Waals surface area contributed by atoms with Gasteiger partial charge in [0.2, 0.25) is 0 Å². The number of nitrogens with zero attached hydrogens (tertiary/aromatic N) is 1. The van der Waals surface area contributed by atoms with Crippen molar-refractivity contribution >= 4 is 28.8 Å². The first-order valence-electron chi connectivity index (χ1n) is 9.19. The third kappa shape index (κ3) is 3.85. The number of esters is 1. The summed E-state index contributed by atoms with van der Waals surface area (Å²) in [6.45, 7) is 3.76. The van der Waals surface area contributed by atoms with E-state index in [0.29, 0.717) is 6.61 Å². The molecule has 6 nitrogen and oxygen atoms in total. The fourth-order valence-corrected chi connectivity index (χ4v) is 3.41. The van der Waals surface area contributed by atoms with Gasteiger partial charge in [0.25, 0.3) is 0 Å². The van der Waals surface area contributed by atoms with Crippen molar-refractivity contribution in [3.05, 3.63) is 35.5 Å². The standard InChI is InChI=1S/C20H25N3O3/c1-3-26-20(25)13(2)21-18(12-24)23-19-14-8-4-6-10-16(14)22-17-11-7-5-9-15(17)19/h4,6,8,10,12-13,18,21H,3,5,7,9,11H2,1-2H3,(H,22,23)/t13-,18?/m0/s1. The maximum absolute atomic E-state index is 11.9. The van der Waals surface area contributed by atoms with E-state index in [9.17, 15) is 9.59 Å². The summed E-state index contributed by atoms with van der Waals surface area (Å²) in [5, 5.41) is 7.29. The monoisotopic (exact) mass is 355 g/mol. The topological polar surface area (TPSA) is 80.3 Å². The minimum absolute atomic E-state index is 0.312. The number of pyridine rings is 1. The van der Waals surface area contributed by atoms with E-state index < -0.39 is 12.2 Å². The molecule has 0 bridgehead atoms. The zero-order valence-electron chi connectivity index (χ0n) is 15.2. The number of carbonyl (C=O) groups is 2. The highest BCUT2D eigenvalue weighted by Crippen LogP contribution is 2.33. The van der Waals surface area contributed by atoms with Gasteiger partial charge in [0.1, 0.15) is 12.2 Å². The summed E-state index contributed by atoms with van der Waals surface area (Å²) in [6.07, 6.45) is 4.22. The molecule has 2 atom stereocenters. The van der Waals surface area contributed by atoms with Gasteiger partial charge in [0, 0.05) is 11.1 Å². The molecule has 1 aromatic carbocycles. The van der Waals surface area contributed by atoms with E-state index in [0.717, 1.165) is 54.3 Å². The zero-order chi connectivity index (χ0) is 18.5. The average molecular weight is 355 g/mol. The number of benzene rings is 1. The molecule has 0 radical (unpaired) electrons. The summed E-state index contributed by atoms with van der Waals surface area (Å²) in [5.74, 6) is -0.372. The Morgan fingerprint density at radius 1 is 1.31 bits per heavy atom. The number of ether oxygens (including phenoxy) is 1. The van der Waals surface area contributed by atoms with Crippen LogP contribution >= 0.6 is 0 Å². The number of anilines is 1. The summed E-state index contributed by atoms with van der Waals surface area (Å²) >= 11 is 0. The van der Waals surface area contributed by atoms with Crippen molar-refractivity contribution in [3.8, 4) is 0 Å². The maximum atomic E-state index is 11.9. The molecule has 1 aliphatic rings. The highest BCUT2D eigenvalue weighted by Gasteiger charge is 2.22. The van der Waals surface area contributed by atoms with E-state index >= 15 is 0 Å². The van der Waals surface area contributed by atoms with Crippen LogP contribution in [0.15, 0.2) is 24.3 Å². The Balaban J connectivity index is 1.91. The number of nitrogens with one attached hydrogen (secondary N) is 2. The van der Waals surface area contributed by atoms with Crippen LogP contribution in [0.1, 0.15) is 37.9 Å². The lowest BCUT2D eigenvalue weighted by atomic mass is 9.92. The number of aromatic nitrogens is 1. The fourth-order valence-electron chi connectivity index (χ4n) is 3.41. The van der Waals surface area contributed by atoms with E-state index in [1.54, 1.807) is 13.8 Å². The van der Waals surface area contributed by atoms with Crippen LogP contribution in [0, 0.1) is 0 Å². The first kappa shape index (κ1) is 18.3. The third-order valence-corrected chi connectivity index (χ3v) is 4.67. The van der Waals surface area contributed by atoms with Crippen LogP contribution in [0.5, 0.6) is 0 Å². The molecule has 0 fully saturated rings. The number of fused-ring (bicyclic) bond motifs is 2. The summed E-state index contributed by atoms with van der Waals surface area (Å²) in [4.78, 5) is 28.3. The molecule has 1 unspecified atom stereocenters. The summed E-state index contributed by atoms with van der Waals surface area (Å²) in [7, 11) is 0. The van der Waals surface area contributed by atoms with Gasteiger partial charge in [-0.3, -0.25) is 19.9 Å². The molecular formula is C20H25N3O3. The molecule has 0 amide bonds. The minimum atomic E-state index is -0.689.